The van der Waals surface area contributed by atoms with E-state index in [9.17, 15) is 4.79 Å². The summed E-state index contributed by atoms with van der Waals surface area (Å²) in [5.41, 5.74) is 4.93. The third-order valence-corrected chi connectivity index (χ3v) is 6.36. The number of aromatic amines is 1. The maximum Gasteiger partial charge on any atom is 0.255 e. The van der Waals surface area contributed by atoms with E-state index in [-0.39, 0.29) is 5.91 Å². The topological polar surface area (TPSA) is 96.5 Å². The molecular formula is C24H20N6OS. The number of nitrogens with zero attached hydrogens (tertiary/aromatic N) is 4. The molecule has 1 amide bonds. The molecule has 0 atom stereocenters. The van der Waals surface area contributed by atoms with Crippen molar-refractivity contribution < 1.29 is 4.79 Å². The van der Waals surface area contributed by atoms with E-state index < -0.39 is 0 Å². The van der Waals surface area contributed by atoms with Gasteiger partial charge < -0.3 is 5.32 Å². The highest BCUT2D eigenvalue weighted by Gasteiger charge is 2.21. The van der Waals surface area contributed by atoms with Gasteiger partial charge in [-0.2, -0.15) is 5.21 Å². The molecule has 1 aliphatic carbocycles. The molecule has 1 fully saturated rings. The van der Waals surface area contributed by atoms with Crippen LogP contribution < -0.4 is 5.32 Å². The number of anilines is 1. The predicted molar refractivity (Wildman–Crippen MR) is 123 cm³/mol. The SMILES string of the molecule is Cc1ccc(C#Cc2nc(C3CCC3)cs2)cc1C(=O)Nc1ccc(-c2nn[nH]n2)cc1. The minimum Gasteiger partial charge on any atom is -0.322 e. The first-order chi connectivity index (χ1) is 15.7. The maximum absolute atomic E-state index is 12.9. The molecule has 0 unspecified atom stereocenters. The summed E-state index contributed by atoms with van der Waals surface area (Å²) in [7, 11) is 0. The normalized spacial score (nSPS) is 13.2. The number of hydrogen-bond donors (Lipinski definition) is 2. The van der Waals surface area contributed by atoms with Gasteiger partial charge in [0, 0.05) is 33.7 Å². The number of rotatable bonds is 4. The smallest absolute Gasteiger partial charge is 0.255 e. The maximum atomic E-state index is 12.9. The van der Waals surface area contributed by atoms with Crippen molar-refractivity contribution in [1.82, 2.24) is 25.6 Å². The van der Waals surface area contributed by atoms with Gasteiger partial charge in [-0.25, -0.2) is 4.98 Å². The summed E-state index contributed by atoms with van der Waals surface area (Å²) >= 11 is 1.58. The van der Waals surface area contributed by atoms with E-state index in [0.29, 0.717) is 23.0 Å². The van der Waals surface area contributed by atoms with Gasteiger partial charge in [0.25, 0.3) is 5.91 Å². The molecule has 2 heterocycles. The Morgan fingerprint density at radius 1 is 1.16 bits per heavy atom. The Kier molecular flexibility index (Phi) is 5.48. The van der Waals surface area contributed by atoms with E-state index in [0.717, 1.165) is 21.7 Å². The van der Waals surface area contributed by atoms with Crippen LogP contribution >= 0.6 is 11.3 Å². The van der Waals surface area contributed by atoms with Crippen molar-refractivity contribution in [3.63, 3.8) is 0 Å². The fourth-order valence-electron chi connectivity index (χ4n) is 3.49. The van der Waals surface area contributed by atoms with Crippen molar-refractivity contribution in [3.8, 4) is 23.2 Å². The second-order valence-corrected chi connectivity index (χ2v) is 8.61. The number of benzene rings is 2. The molecule has 5 rings (SSSR count). The lowest BCUT2D eigenvalue weighted by atomic mass is 9.83. The lowest BCUT2D eigenvalue weighted by Gasteiger charge is -2.22. The number of thiazole rings is 1. The summed E-state index contributed by atoms with van der Waals surface area (Å²) in [5, 5.41) is 19.8. The van der Waals surface area contributed by atoms with Crippen molar-refractivity contribution in [3.05, 3.63) is 75.2 Å². The molecule has 8 heteroatoms. The van der Waals surface area contributed by atoms with E-state index in [1.165, 1.54) is 25.0 Å². The number of hydrogen-bond acceptors (Lipinski definition) is 6. The Morgan fingerprint density at radius 2 is 2.00 bits per heavy atom. The number of carbonyl (C=O) groups is 1. The molecule has 4 aromatic rings. The van der Waals surface area contributed by atoms with Crippen LogP contribution in [0.4, 0.5) is 5.69 Å². The number of tetrazole rings is 1. The Bertz CT molecular complexity index is 1310. The van der Waals surface area contributed by atoms with Gasteiger partial charge in [-0.1, -0.05) is 18.4 Å². The Labute approximate surface area is 189 Å². The predicted octanol–water partition coefficient (Wildman–Crippen LogP) is 4.55. The summed E-state index contributed by atoms with van der Waals surface area (Å²) in [4.78, 5) is 17.5. The van der Waals surface area contributed by atoms with Gasteiger partial charge in [0.2, 0.25) is 5.82 Å². The van der Waals surface area contributed by atoms with Crippen LogP contribution in [0, 0.1) is 18.8 Å². The van der Waals surface area contributed by atoms with E-state index >= 15 is 0 Å². The minimum absolute atomic E-state index is 0.181. The molecular weight excluding hydrogens is 420 g/mol. The number of nitrogens with one attached hydrogen (secondary N) is 2. The number of amides is 1. The number of aryl methyl sites for hydroxylation is 1. The van der Waals surface area contributed by atoms with E-state index in [1.807, 2.05) is 49.4 Å². The van der Waals surface area contributed by atoms with Crippen molar-refractivity contribution in [2.24, 2.45) is 0 Å². The molecule has 1 aliphatic rings. The largest absolute Gasteiger partial charge is 0.322 e. The van der Waals surface area contributed by atoms with Gasteiger partial charge >= 0.3 is 0 Å². The zero-order valence-electron chi connectivity index (χ0n) is 17.4. The summed E-state index contributed by atoms with van der Waals surface area (Å²) in [6.45, 7) is 1.91. The first-order valence-corrected chi connectivity index (χ1v) is 11.3. The van der Waals surface area contributed by atoms with Crippen molar-refractivity contribution in [1.29, 1.82) is 0 Å². The van der Waals surface area contributed by atoms with Gasteiger partial charge in [-0.05, 0) is 72.9 Å². The number of aromatic nitrogens is 5. The highest BCUT2D eigenvalue weighted by atomic mass is 32.1. The van der Waals surface area contributed by atoms with Crippen LogP contribution in [0.25, 0.3) is 11.4 Å². The average molecular weight is 441 g/mol. The second-order valence-electron chi connectivity index (χ2n) is 7.75. The van der Waals surface area contributed by atoms with Crippen LogP contribution in [-0.2, 0) is 0 Å². The molecule has 2 N–H and O–H groups in total. The minimum atomic E-state index is -0.181. The Morgan fingerprint density at radius 3 is 2.72 bits per heavy atom. The highest BCUT2D eigenvalue weighted by molar-refractivity contribution is 7.10. The average Bonchev–Trinajstić information content (AvgIpc) is 3.45. The zero-order valence-corrected chi connectivity index (χ0v) is 18.2. The molecule has 32 heavy (non-hydrogen) atoms. The van der Waals surface area contributed by atoms with Crippen molar-refractivity contribution >= 4 is 22.9 Å². The Balaban J connectivity index is 1.30. The molecule has 0 bridgehead atoms. The van der Waals surface area contributed by atoms with E-state index in [1.54, 1.807) is 11.3 Å². The fraction of sp³-hybridized carbons (Fsp3) is 0.208. The third kappa shape index (κ3) is 4.29. The molecule has 1 saturated carbocycles. The second kappa shape index (κ2) is 8.73. The van der Waals surface area contributed by atoms with Crippen LogP contribution in [-0.4, -0.2) is 31.5 Å². The molecule has 0 spiro atoms. The van der Waals surface area contributed by atoms with Gasteiger partial charge in [0.05, 0.1) is 5.69 Å². The monoisotopic (exact) mass is 440 g/mol. The van der Waals surface area contributed by atoms with E-state index in [4.69, 9.17) is 0 Å². The van der Waals surface area contributed by atoms with Crippen LogP contribution in [0.2, 0.25) is 0 Å². The molecule has 0 aliphatic heterocycles. The van der Waals surface area contributed by atoms with Gasteiger partial charge in [0.1, 0.15) is 0 Å². The lowest BCUT2D eigenvalue weighted by molar-refractivity contribution is 0.102. The zero-order chi connectivity index (χ0) is 21.9. The van der Waals surface area contributed by atoms with E-state index in [2.05, 4.69) is 48.1 Å². The first kappa shape index (κ1) is 20.1. The quantitative estimate of drug-likeness (QED) is 0.454. The molecule has 2 aromatic carbocycles. The number of carbonyl (C=O) groups excluding carboxylic acids is 1. The van der Waals surface area contributed by atoms with Gasteiger partial charge in [0.15, 0.2) is 5.01 Å². The molecule has 0 radical (unpaired) electrons. The van der Waals surface area contributed by atoms with Crippen molar-refractivity contribution in [2.75, 3.05) is 5.32 Å². The van der Waals surface area contributed by atoms with Crippen molar-refractivity contribution in [2.45, 2.75) is 32.1 Å². The first-order valence-electron chi connectivity index (χ1n) is 10.4. The van der Waals surface area contributed by atoms with Crippen LogP contribution in [0.5, 0.6) is 0 Å². The Hall–Kier alpha value is -3.83. The number of H-pyrrole nitrogens is 1. The highest BCUT2D eigenvalue weighted by Crippen LogP contribution is 2.36. The summed E-state index contributed by atoms with van der Waals surface area (Å²) < 4.78 is 0. The third-order valence-electron chi connectivity index (χ3n) is 5.59. The lowest BCUT2D eigenvalue weighted by Crippen LogP contribution is -2.13. The van der Waals surface area contributed by atoms with Gasteiger partial charge in [-0.3, -0.25) is 4.79 Å². The molecule has 158 valence electrons. The summed E-state index contributed by atoms with van der Waals surface area (Å²) in [6, 6.07) is 13.0. The molecule has 0 saturated heterocycles. The van der Waals surface area contributed by atoms with Crippen LogP contribution in [0.3, 0.4) is 0 Å². The van der Waals surface area contributed by atoms with Gasteiger partial charge in [-0.15, -0.1) is 21.5 Å². The summed E-state index contributed by atoms with van der Waals surface area (Å²) in [5.74, 6) is 7.23. The molecule has 7 nitrogen and oxygen atoms in total. The van der Waals surface area contributed by atoms with Crippen LogP contribution in [0.1, 0.15) is 57.4 Å². The molecule has 2 aromatic heterocycles. The van der Waals surface area contributed by atoms with Crippen LogP contribution in [0.15, 0.2) is 47.8 Å². The summed E-state index contributed by atoms with van der Waals surface area (Å²) in [6.07, 6.45) is 3.75. The fourth-order valence-corrected chi connectivity index (χ4v) is 4.24. The standard InChI is InChI=1S/C24H20N6OS/c1-15-5-6-16(7-12-22-26-21(14-32-22)17-3-2-4-17)13-20(15)24(31)25-19-10-8-18(9-11-19)23-27-29-30-28-23/h5-6,8-11,13-14,17H,2-4H2,1H3,(H,25,31)(H,27,28,29,30).